The summed E-state index contributed by atoms with van der Waals surface area (Å²) in [7, 11) is 0. The molecule has 1 fully saturated rings. The Kier molecular flexibility index (Phi) is 7.32. The van der Waals surface area contributed by atoms with Gasteiger partial charge in [0.05, 0.1) is 27.5 Å². The molecular weight excluding hydrogens is 551 g/mol. The van der Waals surface area contributed by atoms with Crippen molar-refractivity contribution in [2.24, 2.45) is 5.10 Å². The van der Waals surface area contributed by atoms with Gasteiger partial charge in [-0.15, -0.1) is 0 Å². The van der Waals surface area contributed by atoms with Crippen LogP contribution >= 0.6 is 46.6 Å². The van der Waals surface area contributed by atoms with Crippen molar-refractivity contribution in [1.82, 2.24) is 5.01 Å². The summed E-state index contributed by atoms with van der Waals surface area (Å²) < 4.78 is 0. The molecule has 1 saturated heterocycles. The molecule has 2 unspecified atom stereocenters. The third kappa shape index (κ3) is 5.27. The van der Waals surface area contributed by atoms with Gasteiger partial charge in [-0.1, -0.05) is 88.5 Å². The Bertz CT molecular complexity index is 1430. The summed E-state index contributed by atoms with van der Waals surface area (Å²) in [5.41, 5.74) is 4.28. The molecule has 3 aromatic rings. The van der Waals surface area contributed by atoms with Crippen LogP contribution in [0.15, 0.2) is 71.8 Å². The molecule has 2 amide bonds. The van der Waals surface area contributed by atoms with Crippen LogP contribution in [0, 0.1) is 12.3 Å². The minimum absolute atomic E-state index is 0.0277. The van der Waals surface area contributed by atoms with Gasteiger partial charge in [0.1, 0.15) is 5.25 Å². The standard InChI is InChI=1S/C27H21Cl3N4O2S/c1-15-2-4-16(5-3-15)22-13-23(17-6-8-18(28)9-7-17)34(32-22)27(31)37-24-14-25(35)33(26(24)36)19-10-11-20(29)21(30)12-19/h2-12,23-24,31H,13-14H2,1H3. The van der Waals surface area contributed by atoms with Gasteiger partial charge < -0.3 is 0 Å². The highest BCUT2D eigenvalue weighted by Gasteiger charge is 2.42. The van der Waals surface area contributed by atoms with E-state index in [2.05, 4.69) is 0 Å². The number of amidine groups is 1. The molecule has 2 atom stereocenters. The Morgan fingerprint density at radius 1 is 0.946 bits per heavy atom. The molecule has 37 heavy (non-hydrogen) atoms. The Morgan fingerprint density at radius 2 is 1.65 bits per heavy atom. The number of aryl methyl sites for hydroxylation is 1. The van der Waals surface area contributed by atoms with Crippen molar-refractivity contribution in [2.75, 3.05) is 4.90 Å². The number of carbonyl (C=O) groups is 2. The molecule has 0 spiro atoms. The summed E-state index contributed by atoms with van der Waals surface area (Å²) >= 11 is 19.2. The molecule has 10 heteroatoms. The van der Waals surface area contributed by atoms with Gasteiger partial charge in [0.2, 0.25) is 11.8 Å². The van der Waals surface area contributed by atoms with Crippen molar-refractivity contribution in [3.8, 4) is 0 Å². The van der Waals surface area contributed by atoms with Crippen LogP contribution in [0.4, 0.5) is 5.69 Å². The van der Waals surface area contributed by atoms with Gasteiger partial charge in [-0.25, -0.2) is 9.91 Å². The topological polar surface area (TPSA) is 76.8 Å². The largest absolute Gasteiger partial charge is 0.277 e. The fourth-order valence-electron chi connectivity index (χ4n) is 4.34. The molecule has 188 valence electrons. The first-order valence-corrected chi connectivity index (χ1v) is 13.5. The van der Waals surface area contributed by atoms with Crippen LogP contribution in [0.1, 0.15) is 35.6 Å². The normalized spacial score (nSPS) is 19.5. The number of amides is 2. The summed E-state index contributed by atoms with van der Waals surface area (Å²) in [5.74, 6) is -0.753. The van der Waals surface area contributed by atoms with E-state index < -0.39 is 11.2 Å². The SMILES string of the molecule is Cc1ccc(C2=NN(C(=N)SC3CC(=O)N(c4ccc(Cl)c(Cl)c4)C3=O)C(c3ccc(Cl)cc3)C2)cc1. The number of nitrogens with zero attached hydrogens (tertiary/aromatic N) is 3. The number of hydrogen-bond acceptors (Lipinski definition) is 5. The van der Waals surface area contributed by atoms with Gasteiger partial charge in [0.25, 0.3) is 0 Å². The molecule has 0 radical (unpaired) electrons. The van der Waals surface area contributed by atoms with Crippen LogP contribution in [0.5, 0.6) is 0 Å². The van der Waals surface area contributed by atoms with Crippen molar-refractivity contribution in [2.45, 2.75) is 31.1 Å². The zero-order chi connectivity index (χ0) is 26.3. The number of rotatable bonds is 4. The Labute approximate surface area is 233 Å². The van der Waals surface area contributed by atoms with Gasteiger partial charge in [0, 0.05) is 17.9 Å². The molecule has 0 bridgehead atoms. The Morgan fingerprint density at radius 3 is 2.32 bits per heavy atom. The number of thioether (sulfide) groups is 1. The van der Waals surface area contributed by atoms with Crippen LogP contribution in [0.25, 0.3) is 0 Å². The summed E-state index contributed by atoms with van der Waals surface area (Å²) in [4.78, 5) is 27.1. The van der Waals surface area contributed by atoms with Crippen molar-refractivity contribution in [3.63, 3.8) is 0 Å². The Hall–Kier alpha value is -2.84. The molecule has 2 aliphatic rings. The molecule has 0 aromatic heterocycles. The van der Waals surface area contributed by atoms with E-state index in [1.807, 2.05) is 55.5 Å². The van der Waals surface area contributed by atoms with E-state index in [1.54, 1.807) is 17.1 Å². The van der Waals surface area contributed by atoms with Crippen molar-refractivity contribution >= 4 is 74.9 Å². The summed E-state index contributed by atoms with van der Waals surface area (Å²) in [6.07, 6.45) is 0.556. The number of halogens is 3. The first-order valence-electron chi connectivity index (χ1n) is 11.5. The maximum Gasteiger partial charge on any atom is 0.247 e. The van der Waals surface area contributed by atoms with Gasteiger partial charge in [0.15, 0.2) is 5.17 Å². The summed E-state index contributed by atoms with van der Waals surface area (Å²) in [6.45, 7) is 2.02. The van der Waals surface area contributed by atoms with E-state index in [4.69, 9.17) is 45.3 Å². The molecule has 1 N–H and O–H groups in total. The van der Waals surface area contributed by atoms with E-state index in [1.165, 1.54) is 6.07 Å². The van der Waals surface area contributed by atoms with Crippen LogP contribution in [-0.4, -0.2) is 33.0 Å². The lowest BCUT2D eigenvalue weighted by atomic mass is 9.98. The first kappa shape index (κ1) is 25.8. The molecule has 5 rings (SSSR count). The monoisotopic (exact) mass is 570 g/mol. The van der Waals surface area contributed by atoms with Crippen molar-refractivity contribution in [3.05, 3.63) is 98.5 Å². The highest BCUT2D eigenvalue weighted by Crippen LogP contribution is 2.38. The van der Waals surface area contributed by atoms with Crippen LogP contribution < -0.4 is 4.90 Å². The van der Waals surface area contributed by atoms with Crippen LogP contribution in [0.3, 0.4) is 0 Å². The van der Waals surface area contributed by atoms with E-state index in [-0.39, 0.29) is 28.6 Å². The predicted molar refractivity (Wildman–Crippen MR) is 151 cm³/mol. The average Bonchev–Trinajstić information content (AvgIpc) is 3.43. The molecule has 2 heterocycles. The van der Waals surface area contributed by atoms with Gasteiger partial charge in [-0.05, 0) is 48.4 Å². The lowest BCUT2D eigenvalue weighted by molar-refractivity contribution is -0.121. The van der Waals surface area contributed by atoms with Gasteiger partial charge in [-0.2, -0.15) is 5.10 Å². The summed E-state index contributed by atoms with van der Waals surface area (Å²) in [6, 6.07) is 19.9. The van der Waals surface area contributed by atoms with E-state index >= 15 is 0 Å². The third-order valence-electron chi connectivity index (χ3n) is 6.28. The number of nitrogens with one attached hydrogen (secondary N) is 1. The minimum Gasteiger partial charge on any atom is -0.277 e. The van der Waals surface area contributed by atoms with Gasteiger partial charge >= 0.3 is 0 Å². The molecule has 2 aliphatic heterocycles. The fourth-order valence-corrected chi connectivity index (χ4v) is 5.74. The molecule has 6 nitrogen and oxygen atoms in total. The van der Waals surface area contributed by atoms with E-state index in [0.717, 1.165) is 39.1 Å². The lowest BCUT2D eigenvalue weighted by Crippen LogP contribution is -2.32. The number of imide groups is 1. The second-order valence-corrected chi connectivity index (χ2v) is 11.3. The average molecular weight is 572 g/mol. The number of benzene rings is 3. The zero-order valence-corrected chi connectivity index (χ0v) is 22.7. The second kappa shape index (κ2) is 10.5. The van der Waals surface area contributed by atoms with Crippen molar-refractivity contribution < 1.29 is 9.59 Å². The quantitative estimate of drug-likeness (QED) is 0.206. The molecule has 3 aromatic carbocycles. The predicted octanol–water partition coefficient (Wildman–Crippen LogP) is 7.11. The molecular formula is C27H21Cl3N4O2S. The van der Waals surface area contributed by atoms with E-state index in [0.29, 0.717) is 22.2 Å². The molecule has 0 saturated carbocycles. The van der Waals surface area contributed by atoms with Gasteiger partial charge in [-0.3, -0.25) is 15.0 Å². The lowest BCUT2D eigenvalue weighted by Gasteiger charge is -2.24. The van der Waals surface area contributed by atoms with Crippen LogP contribution in [0.2, 0.25) is 15.1 Å². The maximum absolute atomic E-state index is 13.2. The van der Waals surface area contributed by atoms with Crippen LogP contribution in [-0.2, 0) is 9.59 Å². The van der Waals surface area contributed by atoms with Crippen molar-refractivity contribution in [1.29, 1.82) is 5.41 Å². The number of hydrazone groups is 1. The smallest absolute Gasteiger partial charge is 0.247 e. The number of hydrogen-bond donors (Lipinski definition) is 1. The van der Waals surface area contributed by atoms with E-state index in [9.17, 15) is 9.59 Å². The number of anilines is 1. The molecule has 0 aliphatic carbocycles. The highest BCUT2D eigenvalue weighted by molar-refractivity contribution is 8.14. The highest BCUT2D eigenvalue weighted by atomic mass is 35.5. The third-order valence-corrected chi connectivity index (χ3v) is 8.33. The first-order chi connectivity index (χ1) is 17.7. The fraction of sp³-hybridized carbons (Fsp3) is 0.185. The maximum atomic E-state index is 13.2. The zero-order valence-electron chi connectivity index (χ0n) is 19.6. The Balaban J connectivity index is 1.40. The number of carbonyl (C=O) groups excluding carboxylic acids is 2. The minimum atomic E-state index is -0.751. The summed E-state index contributed by atoms with van der Waals surface area (Å²) in [5, 5.41) is 15.8. The second-order valence-electron chi connectivity index (χ2n) is 8.81.